The van der Waals surface area contributed by atoms with Crippen molar-refractivity contribution >= 4 is 27.5 Å². The van der Waals surface area contributed by atoms with Crippen LogP contribution in [0.2, 0.25) is 0 Å². The summed E-state index contributed by atoms with van der Waals surface area (Å²) in [6.45, 7) is 2.48. The zero-order valence-corrected chi connectivity index (χ0v) is 15.3. The molecular weight excluding hydrogens is 352 g/mol. The van der Waals surface area contributed by atoms with Crippen molar-refractivity contribution in [2.45, 2.75) is 19.8 Å². The summed E-state index contributed by atoms with van der Waals surface area (Å²) in [6, 6.07) is 14.2. The van der Waals surface area contributed by atoms with Crippen LogP contribution in [0.5, 0.6) is 0 Å². The Morgan fingerprint density at radius 2 is 1.92 bits per heavy atom. The zero-order chi connectivity index (χ0) is 18.7. The van der Waals surface area contributed by atoms with Crippen molar-refractivity contribution < 1.29 is 18.0 Å². The van der Waals surface area contributed by atoms with Crippen LogP contribution < -0.4 is 9.62 Å². The number of carbonyl (C=O) groups is 2. The third kappa shape index (κ3) is 3.94. The Labute approximate surface area is 152 Å². The molecule has 7 heteroatoms. The average molecular weight is 372 g/mol. The molecule has 136 valence electrons. The first-order valence-corrected chi connectivity index (χ1v) is 9.97. The van der Waals surface area contributed by atoms with E-state index in [-0.39, 0.29) is 23.8 Å². The van der Waals surface area contributed by atoms with Crippen LogP contribution in [0.15, 0.2) is 48.5 Å². The molecule has 1 aliphatic heterocycles. The highest BCUT2D eigenvalue weighted by molar-refractivity contribution is 7.94. The Kier molecular flexibility index (Phi) is 5.08. The van der Waals surface area contributed by atoms with E-state index in [0.717, 1.165) is 15.4 Å². The van der Waals surface area contributed by atoms with Gasteiger partial charge in [-0.3, -0.25) is 9.59 Å². The normalized spacial score (nSPS) is 15.9. The summed E-state index contributed by atoms with van der Waals surface area (Å²) in [4.78, 5) is 24.2. The topological polar surface area (TPSA) is 83.6 Å². The molecule has 0 radical (unpaired) electrons. The van der Waals surface area contributed by atoms with Gasteiger partial charge in [0.1, 0.15) is 0 Å². The van der Waals surface area contributed by atoms with E-state index in [4.69, 9.17) is 0 Å². The lowest BCUT2D eigenvalue weighted by Gasteiger charge is -2.15. The zero-order valence-electron chi connectivity index (χ0n) is 14.4. The lowest BCUT2D eigenvalue weighted by atomic mass is 10.1. The number of hydrogen-bond donors (Lipinski definition) is 1. The first-order chi connectivity index (χ1) is 12.4. The molecule has 6 nitrogen and oxygen atoms in total. The third-order valence-corrected chi connectivity index (χ3v) is 5.89. The fourth-order valence-corrected chi connectivity index (χ4v) is 4.38. The minimum atomic E-state index is -3.64. The number of amides is 2. The van der Waals surface area contributed by atoms with Gasteiger partial charge in [0, 0.05) is 18.5 Å². The molecule has 1 heterocycles. The van der Waals surface area contributed by atoms with Gasteiger partial charge in [0.25, 0.3) is 5.91 Å². The second-order valence-corrected chi connectivity index (χ2v) is 8.21. The van der Waals surface area contributed by atoms with Crippen molar-refractivity contribution in [3.05, 3.63) is 65.2 Å². The number of benzene rings is 2. The van der Waals surface area contributed by atoms with Crippen LogP contribution in [0.1, 0.15) is 27.9 Å². The number of sulfonamides is 1. The summed E-state index contributed by atoms with van der Waals surface area (Å²) in [6.07, 6.45) is 0.668. The van der Waals surface area contributed by atoms with Gasteiger partial charge in [-0.1, -0.05) is 35.9 Å². The molecule has 0 spiro atoms. The fourth-order valence-electron chi connectivity index (χ4n) is 2.93. The molecule has 2 aromatic rings. The molecule has 2 amide bonds. The minimum absolute atomic E-state index is 0.0325. The molecule has 26 heavy (non-hydrogen) atoms. The molecule has 0 aromatic heterocycles. The van der Waals surface area contributed by atoms with E-state index in [1.807, 2.05) is 25.1 Å². The van der Waals surface area contributed by atoms with Gasteiger partial charge in [-0.25, -0.2) is 12.7 Å². The van der Waals surface area contributed by atoms with E-state index in [1.165, 1.54) is 12.1 Å². The second-order valence-electron chi connectivity index (χ2n) is 6.27. The molecule has 0 bridgehead atoms. The van der Waals surface area contributed by atoms with Crippen molar-refractivity contribution in [1.29, 1.82) is 0 Å². The van der Waals surface area contributed by atoms with Crippen LogP contribution in [0, 0.1) is 6.92 Å². The van der Waals surface area contributed by atoms with Gasteiger partial charge in [-0.05, 0) is 37.1 Å². The van der Waals surface area contributed by atoms with E-state index < -0.39 is 15.9 Å². The number of aryl methyl sites for hydroxylation is 1. The first kappa shape index (κ1) is 18.1. The Morgan fingerprint density at radius 1 is 1.15 bits per heavy atom. The van der Waals surface area contributed by atoms with E-state index in [9.17, 15) is 18.0 Å². The molecule has 0 aliphatic carbocycles. The molecular formula is C19H20N2O4S. The number of nitrogens with one attached hydrogen (secondary N) is 1. The predicted octanol–water partition coefficient (Wildman–Crippen LogP) is 2.03. The summed E-state index contributed by atoms with van der Waals surface area (Å²) in [5, 5.41) is 2.82. The van der Waals surface area contributed by atoms with E-state index >= 15 is 0 Å². The fraction of sp³-hybridized carbons (Fsp3) is 0.263. The lowest BCUT2D eigenvalue weighted by molar-refractivity contribution is -0.116. The Bertz CT molecular complexity index is 954. The van der Waals surface area contributed by atoms with Gasteiger partial charge in [-0.2, -0.15) is 0 Å². The summed E-state index contributed by atoms with van der Waals surface area (Å²) >= 11 is 0. The van der Waals surface area contributed by atoms with Gasteiger partial charge in [0.05, 0.1) is 11.4 Å². The van der Waals surface area contributed by atoms with Crippen LogP contribution in [0.25, 0.3) is 0 Å². The first-order valence-electron chi connectivity index (χ1n) is 8.36. The molecule has 2 aromatic carbocycles. The highest BCUT2D eigenvalue weighted by Gasteiger charge is 2.36. The quantitative estimate of drug-likeness (QED) is 0.870. The lowest BCUT2D eigenvalue weighted by Crippen LogP contribution is -2.30. The maximum atomic E-state index is 12.3. The smallest absolute Gasteiger partial charge is 0.251 e. The van der Waals surface area contributed by atoms with Crippen molar-refractivity contribution in [2.75, 3.05) is 16.6 Å². The number of carbonyl (C=O) groups excluding carboxylic acids is 2. The highest BCUT2D eigenvalue weighted by Crippen LogP contribution is 2.25. The maximum Gasteiger partial charge on any atom is 0.251 e. The van der Waals surface area contributed by atoms with E-state index in [0.29, 0.717) is 18.5 Å². The molecule has 3 rings (SSSR count). The summed E-state index contributed by atoms with van der Waals surface area (Å²) < 4.78 is 24.8. The van der Waals surface area contributed by atoms with Crippen molar-refractivity contribution in [2.24, 2.45) is 0 Å². The monoisotopic (exact) mass is 372 g/mol. The van der Waals surface area contributed by atoms with Gasteiger partial charge < -0.3 is 5.32 Å². The van der Waals surface area contributed by atoms with Gasteiger partial charge in [0.15, 0.2) is 0 Å². The SMILES string of the molecule is Cc1cccc(CCNC(=O)c2cccc(N3C(=O)CCS3(=O)=O)c2)c1. The van der Waals surface area contributed by atoms with Crippen LogP contribution in [-0.2, 0) is 21.2 Å². The minimum Gasteiger partial charge on any atom is -0.352 e. The number of anilines is 1. The van der Waals surface area contributed by atoms with Crippen LogP contribution >= 0.6 is 0 Å². The molecule has 1 fully saturated rings. The van der Waals surface area contributed by atoms with Crippen LogP contribution in [0.4, 0.5) is 5.69 Å². The Hall–Kier alpha value is -2.67. The largest absolute Gasteiger partial charge is 0.352 e. The van der Waals surface area contributed by atoms with E-state index in [2.05, 4.69) is 11.4 Å². The van der Waals surface area contributed by atoms with Gasteiger partial charge in [-0.15, -0.1) is 0 Å². The van der Waals surface area contributed by atoms with Crippen LogP contribution in [-0.4, -0.2) is 32.5 Å². The van der Waals surface area contributed by atoms with Gasteiger partial charge in [0.2, 0.25) is 15.9 Å². The summed E-state index contributed by atoms with van der Waals surface area (Å²) in [5.41, 5.74) is 2.83. The standard InChI is InChI=1S/C19H20N2O4S/c1-14-4-2-5-15(12-14)8-10-20-19(23)16-6-3-7-17(13-16)21-18(22)9-11-26(21,24)25/h2-7,12-13H,8-11H2,1H3,(H,20,23). The van der Waals surface area contributed by atoms with E-state index in [1.54, 1.807) is 12.1 Å². The molecule has 0 unspecified atom stereocenters. The second kappa shape index (κ2) is 7.29. The predicted molar refractivity (Wildman–Crippen MR) is 99.5 cm³/mol. The molecule has 1 saturated heterocycles. The molecule has 1 N–H and O–H groups in total. The molecule has 0 saturated carbocycles. The summed E-state index contributed by atoms with van der Waals surface area (Å²) in [7, 11) is -3.64. The van der Waals surface area contributed by atoms with Crippen molar-refractivity contribution in [1.82, 2.24) is 5.32 Å². The highest BCUT2D eigenvalue weighted by atomic mass is 32.2. The van der Waals surface area contributed by atoms with Crippen molar-refractivity contribution in [3.8, 4) is 0 Å². The third-order valence-electron chi connectivity index (χ3n) is 4.20. The Balaban J connectivity index is 1.68. The number of hydrogen-bond acceptors (Lipinski definition) is 4. The Morgan fingerprint density at radius 3 is 2.62 bits per heavy atom. The average Bonchev–Trinajstić information content (AvgIpc) is 2.88. The van der Waals surface area contributed by atoms with Gasteiger partial charge >= 0.3 is 0 Å². The maximum absolute atomic E-state index is 12.3. The van der Waals surface area contributed by atoms with Crippen molar-refractivity contribution in [3.63, 3.8) is 0 Å². The van der Waals surface area contributed by atoms with Crippen LogP contribution in [0.3, 0.4) is 0 Å². The summed E-state index contributed by atoms with van der Waals surface area (Å²) in [5.74, 6) is -0.968. The molecule has 0 atom stereocenters. The number of nitrogens with zero attached hydrogens (tertiary/aromatic N) is 1. The number of rotatable bonds is 5. The molecule has 1 aliphatic rings.